The van der Waals surface area contributed by atoms with Crippen LogP contribution in [0, 0.1) is 11.3 Å². The predicted octanol–water partition coefficient (Wildman–Crippen LogP) is 5.71. The molecule has 1 aliphatic carbocycles. The van der Waals surface area contributed by atoms with Crippen molar-refractivity contribution in [1.29, 1.82) is 5.26 Å². The molecule has 2 aliphatic rings. The zero-order valence-electron chi connectivity index (χ0n) is 19.7. The third kappa shape index (κ3) is 5.62. The van der Waals surface area contributed by atoms with Crippen LogP contribution in [0.4, 0.5) is 18.9 Å². The Hall–Kier alpha value is -3.84. The van der Waals surface area contributed by atoms with Crippen LogP contribution in [-0.2, 0) is 15.8 Å². The van der Waals surface area contributed by atoms with Gasteiger partial charge >= 0.3 is 6.18 Å². The summed E-state index contributed by atoms with van der Waals surface area (Å²) in [6.07, 6.45) is -3.51. The number of nitriles is 1. The maximum Gasteiger partial charge on any atom is 0.416 e. The zero-order valence-corrected chi connectivity index (χ0v) is 20.6. The van der Waals surface area contributed by atoms with Crippen molar-refractivity contribution >= 4 is 34.9 Å². The molecule has 0 fully saturated rings. The number of dihydropyridines is 1. The number of thioether (sulfide) groups is 1. The van der Waals surface area contributed by atoms with Gasteiger partial charge in [-0.15, -0.1) is 0 Å². The van der Waals surface area contributed by atoms with Gasteiger partial charge in [0.1, 0.15) is 0 Å². The quantitative estimate of drug-likeness (QED) is 0.469. The van der Waals surface area contributed by atoms with Gasteiger partial charge in [-0.2, -0.15) is 18.4 Å². The first-order valence-corrected chi connectivity index (χ1v) is 12.5. The summed E-state index contributed by atoms with van der Waals surface area (Å²) in [6.45, 7) is 1.41. The number of amides is 1. The lowest BCUT2D eigenvalue weighted by Crippen LogP contribution is -2.32. The number of ketones is 2. The van der Waals surface area contributed by atoms with Crippen molar-refractivity contribution in [1.82, 2.24) is 5.32 Å². The van der Waals surface area contributed by atoms with Crippen molar-refractivity contribution in [3.05, 3.63) is 87.1 Å². The second-order valence-electron chi connectivity index (χ2n) is 8.64. The van der Waals surface area contributed by atoms with Crippen molar-refractivity contribution in [3.63, 3.8) is 0 Å². The molecular weight excluding hydrogens is 503 g/mol. The monoisotopic (exact) mass is 525 g/mol. The fourth-order valence-corrected chi connectivity index (χ4v) is 5.37. The van der Waals surface area contributed by atoms with Gasteiger partial charge in [-0.05, 0) is 43.5 Å². The molecule has 0 unspecified atom stereocenters. The van der Waals surface area contributed by atoms with E-state index in [1.54, 1.807) is 24.3 Å². The van der Waals surface area contributed by atoms with E-state index in [2.05, 4.69) is 10.6 Å². The molecule has 37 heavy (non-hydrogen) atoms. The number of carbonyl (C=O) groups excluding carboxylic acids is 3. The van der Waals surface area contributed by atoms with Gasteiger partial charge in [-0.1, -0.05) is 42.1 Å². The minimum Gasteiger partial charge on any atom is -0.352 e. The molecule has 10 heteroatoms. The number of rotatable bonds is 6. The van der Waals surface area contributed by atoms with Crippen LogP contribution in [0.5, 0.6) is 0 Å². The first kappa shape index (κ1) is 26.2. The topological polar surface area (TPSA) is 99.1 Å². The van der Waals surface area contributed by atoms with E-state index >= 15 is 0 Å². The van der Waals surface area contributed by atoms with E-state index in [9.17, 15) is 32.8 Å². The second-order valence-corrected chi connectivity index (χ2v) is 9.63. The SMILES string of the molecule is CC(=O)c1cccc(NC(=O)CSC2=C(C#N)[C@H](c3ccccc3C(F)(F)F)C3=C(CCCC3=O)N2)c1. The van der Waals surface area contributed by atoms with Crippen LogP contribution in [0.1, 0.15) is 53.6 Å². The lowest BCUT2D eigenvalue weighted by atomic mass is 9.75. The molecule has 4 rings (SSSR count). The number of hydrogen-bond donors (Lipinski definition) is 2. The molecule has 190 valence electrons. The predicted molar refractivity (Wildman–Crippen MR) is 133 cm³/mol. The average molecular weight is 526 g/mol. The molecular formula is C27H22F3N3O3S. The number of allylic oxidation sites excluding steroid dienone is 3. The first-order chi connectivity index (χ1) is 17.6. The van der Waals surface area contributed by atoms with E-state index in [1.165, 1.54) is 25.1 Å². The van der Waals surface area contributed by atoms with Gasteiger partial charge in [0.05, 0.1) is 33.9 Å². The van der Waals surface area contributed by atoms with Gasteiger partial charge in [-0.25, -0.2) is 0 Å². The Bertz CT molecular complexity index is 1390. The summed E-state index contributed by atoms with van der Waals surface area (Å²) in [5, 5.41) is 16.0. The molecule has 6 nitrogen and oxygen atoms in total. The van der Waals surface area contributed by atoms with Crippen LogP contribution in [-0.4, -0.2) is 23.2 Å². The Kier molecular flexibility index (Phi) is 7.55. The highest BCUT2D eigenvalue weighted by atomic mass is 32.2. The van der Waals surface area contributed by atoms with Gasteiger partial charge in [-0.3, -0.25) is 14.4 Å². The van der Waals surface area contributed by atoms with Gasteiger partial charge < -0.3 is 10.6 Å². The third-order valence-corrected chi connectivity index (χ3v) is 7.16. The molecule has 0 saturated carbocycles. The average Bonchev–Trinajstić information content (AvgIpc) is 2.86. The van der Waals surface area contributed by atoms with E-state index < -0.39 is 23.6 Å². The van der Waals surface area contributed by atoms with Crippen LogP contribution in [0.25, 0.3) is 0 Å². The molecule has 2 N–H and O–H groups in total. The summed E-state index contributed by atoms with van der Waals surface area (Å²) in [7, 11) is 0. The molecule has 2 aromatic carbocycles. The minimum absolute atomic E-state index is 0.0397. The number of benzene rings is 2. The van der Waals surface area contributed by atoms with Crippen molar-refractivity contribution in [2.24, 2.45) is 0 Å². The Morgan fingerprint density at radius 2 is 1.92 bits per heavy atom. The fourth-order valence-electron chi connectivity index (χ4n) is 4.51. The number of carbonyl (C=O) groups is 3. The maximum absolute atomic E-state index is 13.9. The molecule has 1 atom stereocenters. The van der Waals surface area contributed by atoms with Crippen LogP contribution in [0.15, 0.2) is 70.4 Å². The molecule has 2 aromatic rings. The van der Waals surface area contributed by atoms with Gasteiger partial charge in [0, 0.05) is 28.9 Å². The Labute approximate surface area is 215 Å². The minimum atomic E-state index is -4.68. The van der Waals surface area contributed by atoms with E-state index in [0.29, 0.717) is 29.8 Å². The van der Waals surface area contributed by atoms with Crippen LogP contribution < -0.4 is 10.6 Å². The number of hydrogen-bond acceptors (Lipinski definition) is 6. The van der Waals surface area contributed by atoms with E-state index in [0.717, 1.165) is 17.8 Å². The highest BCUT2D eigenvalue weighted by Gasteiger charge is 2.42. The number of anilines is 1. The first-order valence-electron chi connectivity index (χ1n) is 11.5. The van der Waals surface area contributed by atoms with Crippen molar-refractivity contribution < 1.29 is 27.6 Å². The molecule has 1 heterocycles. The van der Waals surface area contributed by atoms with Crippen LogP contribution in [0.3, 0.4) is 0 Å². The lowest BCUT2D eigenvalue weighted by Gasteiger charge is -2.34. The van der Waals surface area contributed by atoms with E-state index in [4.69, 9.17) is 0 Å². The fraction of sp³-hybridized carbons (Fsp3) is 0.259. The summed E-state index contributed by atoms with van der Waals surface area (Å²) < 4.78 is 41.7. The highest BCUT2D eigenvalue weighted by Crippen LogP contribution is 2.47. The molecule has 0 spiro atoms. The summed E-state index contributed by atoms with van der Waals surface area (Å²) in [4.78, 5) is 37.1. The number of halogens is 3. The zero-order chi connectivity index (χ0) is 26.7. The lowest BCUT2D eigenvalue weighted by molar-refractivity contribution is -0.138. The number of nitrogens with one attached hydrogen (secondary N) is 2. The summed E-state index contributed by atoms with van der Waals surface area (Å²) >= 11 is 0.977. The largest absolute Gasteiger partial charge is 0.416 e. The van der Waals surface area contributed by atoms with Crippen molar-refractivity contribution in [3.8, 4) is 6.07 Å². The Balaban J connectivity index is 1.67. The van der Waals surface area contributed by atoms with Crippen LogP contribution >= 0.6 is 11.8 Å². The molecule has 1 aliphatic heterocycles. The second kappa shape index (κ2) is 10.6. The maximum atomic E-state index is 13.9. The third-order valence-electron chi connectivity index (χ3n) is 6.14. The summed E-state index contributed by atoms with van der Waals surface area (Å²) in [5.41, 5.74) is 0.392. The summed E-state index contributed by atoms with van der Waals surface area (Å²) in [5.74, 6) is -2.22. The van der Waals surface area contributed by atoms with Crippen LogP contribution in [0.2, 0.25) is 0 Å². The van der Waals surface area contributed by atoms with E-state index in [-0.39, 0.29) is 45.5 Å². The standard InChI is InChI=1S/C27H22F3N3O3S/c1-15(34)16-6-4-7-17(12-16)32-23(36)14-37-26-19(13-31)24(25-21(33-26)10-5-11-22(25)35)18-8-2-3-9-20(18)27(28,29)30/h2-4,6-9,12,24,33H,5,10-11,14H2,1H3,(H,32,36)/t24-/m0/s1. The number of alkyl halides is 3. The molecule has 0 radical (unpaired) electrons. The van der Waals surface area contributed by atoms with Crippen molar-refractivity contribution in [2.75, 3.05) is 11.1 Å². The highest BCUT2D eigenvalue weighted by molar-refractivity contribution is 8.03. The molecule has 0 bridgehead atoms. The molecule has 0 aromatic heterocycles. The normalized spacial score (nSPS) is 17.6. The smallest absolute Gasteiger partial charge is 0.352 e. The molecule has 1 amide bonds. The Morgan fingerprint density at radius 3 is 2.62 bits per heavy atom. The Morgan fingerprint density at radius 1 is 1.16 bits per heavy atom. The van der Waals surface area contributed by atoms with Gasteiger partial charge in [0.15, 0.2) is 11.6 Å². The summed E-state index contributed by atoms with van der Waals surface area (Å²) in [6, 6.07) is 13.4. The van der Waals surface area contributed by atoms with Gasteiger partial charge in [0.2, 0.25) is 5.91 Å². The van der Waals surface area contributed by atoms with E-state index in [1.807, 2.05) is 6.07 Å². The number of Topliss-reactive ketones (excluding diaryl/α,β-unsaturated/α-hetero) is 2. The molecule has 0 saturated heterocycles. The van der Waals surface area contributed by atoms with Gasteiger partial charge in [0.25, 0.3) is 0 Å². The van der Waals surface area contributed by atoms with Crippen molar-refractivity contribution in [2.45, 2.75) is 38.3 Å². The number of nitrogens with zero attached hydrogens (tertiary/aromatic N) is 1.